The zero-order valence-electron chi connectivity index (χ0n) is 27.3. The van der Waals surface area contributed by atoms with Crippen LogP contribution in [0.4, 0.5) is 11.4 Å². The number of thioether (sulfide) groups is 1. The summed E-state index contributed by atoms with van der Waals surface area (Å²) in [5.41, 5.74) is 2.48. The molecule has 0 radical (unpaired) electrons. The molecule has 0 aliphatic carbocycles. The van der Waals surface area contributed by atoms with Crippen molar-refractivity contribution in [3.8, 4) is 0 Å². The summed E-state index contributed by atoms with van der Waals surface area (Å²) < 4.78 is 4.91. The Labute approximate surface area is 291 Å². The molecule has 1 spiro atoms. The third kappa shape index (κ3) is 6.53. The molecule has 3 saturated heterocycles. The van der Waals surface area contributed by atoms with E-state index in [2.05, 4.69) is 47.8 Å². The number of fused-ring (bicyclic) bond motifs is 1. The number of hydrogen-bond acceptors (Lipinski definition) is 7. The van der Waals surface area contributed by atoms with E-state index in [1.54, 1.807) is 27.6 Å². The van der Waals surface area contributed by atoms with E-state index >= 15 is 4.79 Å². The summed E-state index contributed by atoms with van der Waals surface area (Å²) in [6.07, 6.45) is 6.48. The van der Waals surface area contributed by atoms with Gasteiger partial charge in [-0.3, -0.25) is 14.4 Å². The molecular weight excluding hydrogens is 678 g/mol. The van der Waals surface area contributed by atoms with Crippen molar-refractivity contribution in [3.63, 3.8) is 0 Å². The molecule has 2 aromatic carbocycles. The monoisotopic (exact) mass is 723 g/mol. The predicted molar refractivity (Wildman–Crippen MR) is 193 cm³/mol. The SMILES string of the molecule is C=CCCCCOC(=O)[C@H]1[C@@H]2SC3(CC2Br)C(C(=O)N(CC=C)c2ccc(N(CC)CC)cc2)N([C@H](CO)c2ccccc2)C(=O)[C@H]13. The lowest BCUT2D eigenvalue weighted by atomic mass is 9.71. The fraction of sp³-hybridized carbons (Fsp3) is 0.486. The maximum absolute atomic E-state index is 15.1. The van der Waals surface area contributed by atoms with Crippen LogP contribution in [0.1, 0.15) is 51.1 Å². The molecule has 1 N–H and O–H groups in total. The topological polar surface area (TPSA) is 90.4 Å². The molecule has 5 rings (SSSR count). The fourth-order valence-corrected chi connectivity index (χ4v) is 11.3. The van der Waals surface area contributed by atoms with Crippen molar-refractivity contribution in [1.29, 1.82) is 0 Å². The van der Waals surface area contributed by atoms with Gasteiger partial charge in [0.15, 0.2) is 0 Å². The molecule has 2 aromatic rings. The van der Waals surface area contributed by atoms with Crippen molar-refractivity contribution in [2.75, 3.05) is 42.6 Å². The standard InChI is InChI=1S/C37H46BrN3O5S/c1-5-9-10-14-22-46-36(45)30-31-34(43)41(29(24-42)25-15-12-11-13-16-25)33(37(31)23-28(38)32(30)47-37)35(44)40(21-6-2)27-19-17-26(18-20-27)39(7-3)8-4/h5-6,11-13,15-20,28-33,42H,1-2,7-10,14,21-24H2,3-4H3/t28?,29-,30-,31+,32-,33?,37?/m1/s1. The summed E-state index contributed by atoms with van der Waals surface area (Å²) in [6, 6.07) is 15.5. The van der Waals surface area contributed by atoms with E-state index in [1.807, 2.05) is 60.7 Å². The van der Waals surface area contributed by atoms with Gasteiger partial charge in [0, 0.05) is 41.1 Å². The minimum Gasteiger partial charge on any atom is -0.465 e. The van der Waals surface area contributed by atoms with Gasteiger partial charge in [0.05, 0.1) is 35.8 Å². The van der Waals surface area contributed by atoms with Crippen LogP contribution in [0.25, 0.3) is 0 Å². The largest absolute Gasteiger partial charge is 0.465 e. The normalized spacial score (nSPS) is 26.5. The molecule has 2 amide bonds. The number of esters is 1. The number of anilines is 2. The first-order valence-electron chi connectivity index (χ1n) is 16.6. The van der Waals surface area contributed by atoms with Crippen molar-refractivity contribution in [1.82, 2.24) is 4.90 Å². The average molecular weight is 725 g/mol. The third-order valence-corrected chi connectivity index (χ3v) is 13.1. The molecule has 3 aliphatic rings. The number of alkyl halides is 1. The molecule has 3 aliphatic heterocycles. The quantitative estimate of drug-likeness (QED) is 0.0962. The highest BCUT2D eigenvalue weighted by Gasteiger charge is 2.76. The summed E-state index contributed by atoms with van der Waals surface area (Å²) >= 11 is 5.40. The van der Waals surface area contributed by atoms with E-state index in [-0.39, 0.29) is 41.6 Å². The van der Waals surface area contributed by atoms with Gasteiger partial charge in [-0.1, -0.05) is 58.4 Å². The van der Waals surface area contributed by atoms with Crippen molar-refractivity contribution < 1.29 is 24.2 Å². The first-order valence-corrected chi connectivity index (χ1v) is 18.4. The van der Waals surface area contributed by atoms with E-state index in [0.717, 1.165) is 37.2 Å². The molecule has 0 aromatic heterocycles. The Morgan fingerprint density at radius 3 is 2.38 bits per heavy atom. The van der Waals surface area contributed by atoms with Crippen LogP contribution < -0.4 is 9.80 Å². The predicted octanol–water partition coefficient (Wildman–Crippen LogP) is 6.15. The van der Waals surface area contributed by atoms with E-state index in [4.69, 9.17) is 4.74 Å². The first-order chi connectivity index (χ1) is 22.8. The number of unbranched alkanes of at least 4 members (excludes halogenated alkanes) is 2. The molecule has 7 atom stereocenters. The van der Waals surface area contributed by atoms with Crippen LogP contribution in [0.3, 0.4) is 0 Å². The Bertz CT molecular complexity index is 1440. The Morgan fingerprint density at radius 2 is 1.77 bits per heavy atom. The maximum atomic E-state index is 15.1. The Balaban J connectivity index is 1.56. The second kappa shape index (κ2) is 15.4. The number of halogens is 1. The molecule has 8 nitrogen and oxygen atoms in total. The van der Waals surface area contributed by atoms with E-state index < -0.39 is 34.6 Å². The van der Waals surface area contributed by atoms with Gasteiger partial charge in [-0.25, -0.2) is 0 Å². The van der Waals surface area contributed by atoms with Crippen molar-refractivity contribution >= 4 is 56.9 Å². The van der Waals surface area contributed by atoms with Crippen molar-refractivity contribution in [2.24, 2.45) is 11.8 Å². The van der Waals surface area contributed by atoms with Crippen LogP contribution in [0.15, 0.2) is 79.9 Å². The number of allylic oxidation sites excluding steroid dienone is 1. The van der Waals surface area contributed by atoms with E-state index in [9.17, 15) is 14.7 Å². The van der Waals surface area contributed by atoms with Gasteiger partial charge < -0.3 is 24.5 Å². The number of aliphatic hydroxyl groups is 1. The van der Waals surface area contributed by atoms with Gasteiger partial charge >= 0.3 is 5.97 Å². The molecular formula is C37H46BrN3O5S. The van der Waals surface area contributed by atoms with Crippen LogP contribution in [0.2, 0.25) is 0 Å². The van der Waals surface area contributed by atoms with Gasteiger partial charge in [-0.05, 0) is 69.4 Å². The van der Waals surface area contributed by atoms with Crippen LogP contribution in [-0.2, 0) is 19.1 Å². The average Bonchev–Trinajstić information content (AvgIpc) is 3.68. The second-order valence-corrected chi connectivity index (χ2v) is 15.1. The summed E-state index contributed by atoms with van der Waals surface area (Å²) in [5.74, 6) is -2.40. The Kier molecular flexibility index (Phi) is 11.6. The summed E-state index contributed by atoms with van der Waals surface area (Å²) in [5, 5.41) is 10.6. The molecule has 0 saturated carbocycles. The lowest BCUT2D eigenvalue weighted by molar-refractivity contribution is -0.154. The molecule has 3 unspecified atom stereocenters. The number of rotatable bonds is 16. The van der Waals surface area contributed by atoms with Crippen LogP contribution in [0.5, 0.6) is 0 Å². The van der Waals surface area contributed by atoms with Gasteiger partial charge in [-0.15, -0.1) is 24.9 Å². The number of carbonyl (C=O) groups is 3. The van der Waals surface area contributed by atoms with Crippen LogP contribution in [0, 0.1) is 11.8 Å². The number of carbonyl (C=O) groups excluding carboxylic acids is 3. The Morgan fingerprint density at radius 1 is 1.09 bits per heavy atom. The van der Waals surface area contributed by atoms with Gasteiger partial charge in [-0.2, -0.15) is 0 Å². The minimum absolute atomic E-state index is 0.0874. The highest BCUT2D eigenvalue weighted by Crippen LogP contribution is 2.68. The molecule has 10 heteroatoms. The Hall–Kier alpha value is -3.08. The van der Waals surface area contributed by atoms with Gasteiger partial charge in [0.25, 0.3) is 5.91 Å². The zero-order valence-corrected chi connectivity index (χ0v) is 29.7. The summed E-state index contributed by atoms with van der Waals surface area (Å²) in [7, 11) is 0. The lowest BCUT2D eigenvalue weighted by Gasteiger charge is -2.40. The number of benzene rings is 2. The number of aliphatic hydroxyl groups excluding tert-OH is 1. The number of likely N-dealkylation sites (tertiary alicyclic amines) is 1. The summed E-state index contributed by atoms with van der Waals surface area (Å²) in [4.78, 5) is 49.1. The van der Waals surface area contributed by atoms with Crippen molar-refractivity contribution in [3.05, 3.63) is 85.5 Å². The number of ether oxygens (including phenoxy) is 1. The van der Waals surface area contributed by atoms with E-state index in [1.165, 1.54) is 0 Å². The van der Waals surface area contributed by atoms with Crippen LogP contribution >= 0.6 is 27.7 Å². The molecule has 47 heavy (non-hydrogen) atoms. The third-order valence-electron chi connectivity index (χ3n) is 9.84. The molecule has 2 bridgehead atoms. The molecule has 3 fully saturated rings. The molecule has 252 valence electrons. The second-order valence-electron chi connectivity index (χ2n) is 12.4. The number of nitrogens with zero attached hydrogens (tertiary/aromatic N) is 3. The van der Waals surface area contributed by atoms with E-state index in [0.29, 0.717) is 18.5 Å². The number of amides is 2. The van der Waals surface area contributed by atoms with Crippen molar-refractivity contribution in [2.45, 2.75) is 66.4 Å². The van der Waals surface area contributed by atoms with Gasteiger partial charge in [0.1, 0.15) is 6.04 Å². The number of hydrogen-bond donors (Lipinski definition) is 1. The van der Waals surface area contributed by atoms with Gasteiger partial charge in [0.2, 0.25) is 5.91 Å². The smallest absolute Gasteiger partial charge is 0.310 e. The lowest BCUT2D eigenvalue weighted by Crippen LogP contribution is -2.56. The minimum atomic E-state index is -0.930. The highest BCUT2D eigenvalue weighted by atomic mass is 79.9. The molecule has 3 heterocycles. The zero-order chi connectivity index (χ0) is 33.7. The first kappa shape index (κ1) is 35.2. The maximum Gasteiger partial charge on any atom is 0.310 e. The highest BCUT2D eigenvalue weighted by molar-refractivity contribution is 9.09. The summed E-state index contributed by atoms with van der Waals surface area (Å²) in [6.45, 7) is 13.8. The fourth-order valence-electron chi connectivity index (χ4n) is 7.67. The van der Waals surface area contributed by atoms with Crippen LogP contribution in [-0.4, -0.2) is 81.5 Å².